The molecule has 39 heavy (non-hydrogen) atoms. The number of rotatable bonds is 7. The Morgan fingerprint density at radius 3 is 2.51 bits per heavy atom. The molecule has 3 aromatic carbocycles. The van der Waals surface area contributed by atoms with Gasteiger partial charge < -0.3 is 15.2 Å². The molecule has 0 amide bonds. The quantitative estimate of drug-likeness (QED) is 0.318. The Kier molecular flexibility index (Phi) is 7.02. The predicted molar refractivity (Wildman–Crippen MR) is 145 cm³/mol. The SMILES string of the molecule is COc1ccc([C@@H]2C(C#N)=C(N)N(c3ccccc3)C3=C2C(=O)CCC3)cc1COc1ccc([N+](=O)[O-])cc1. The second-order valence-electron chi connectivity index (χ2n) is 9.26. The molecular weight excluding hydrogens is 496 g/mol. The van der Waals surface area contributed by atoms with Crippen molar-refractivity contribution >= 4 is 17.2 Å². The van der Waals surface area contributed by atoms with E-state index in [2.05, 4.69) is 6.07 Å². The first-order valence-electron chi connectivity index (χ1n) is 12.5. The maximum absolute atomic E-state index is 13.4. The Hall–Kier alpha value is -5.10. The Morgan fingerprint density at radius 1 is 1.10 bits per heavy atom. The van der Waals surface area contributed by atoms with Gasteiger partial charge in [-0.15, -0.1) is 0 Å². The van der Waals surface area contributed by atoms with E-state index in [0.29, 0.717) is 53.3 Å². The summed E-state index contributed by atoms with van der Waals surface area (Å²) in [5.74, 6) is 0.714. The minimum absolute atomic E-state index is 0.00179. The van der Waals surface area contributed by atoms with Gasteiger partial charge in [0.25, 0.3) is 5.69 Å². The first kappa shape index (κ1) is 25.5. The van der Waals surface area contributed by atoms with E-state index in [-0.39, 0.29) is 18.1 Å². The number of nitro groups is 1. The van der Waals surface area contributed by atoms with E-state index in [9.17, 15) is 20.2 Å². The minimum Gasteiger partial charge on any atom is -0.496 e. The number of hydrogen-bond acceptors (Lipinski definition) is 8. The molecule has 5 rings (SSSR count). The zero-order chi connectivity index (χ0) is 27.5. The number of Topliss-reactive ketones (excluding diaryl/α,β-unsaturated/α-hetero) is 1. The predicted octanol–water partition coefficient (Wildman–Crippen LogP) is 5.49. The van der Waals surface area contributed by atoms with Crippen molar-refractivity contribution in [1.82, 2.24) is 0 Å². The average molecular weight is 523 g/mol. The van der Waals surface area contributed by atoms with Crippen molar-refractivity contribution in [3.63, 3.8) is 0 Å². The molecule has 9 heteroatoms. The van der Waals surface area contributed by atoms with Gasteiger partial charge in [0, 0.05) is 41.1 Å². The first-order valence-corrected chi connectivity index (χ1v) is 12.5. The average Bonchev–Trinajstić information content (AvgIpc) is 2.96. The van der Waals surface area contributed by atoms with Crippen LogP contribution in [0.3, 0.4) is 0 Å². The number of nitro benzene ring substituents is 1. The number of nitrogens with zero attached hydrogens (tertiary/aromatic N) is 3. The molecule has 0 radical (unpaired) electrons. The fourth-order valence-corrected chi connectivity index (χ4v) is 5.21. The molecule has 1 aliphatic heterocycles. The van der Waals surface area contributed by atoms with E-state index in [0.717, 1.165) is 16.9 Å². The van der Waals surface area contributed by atoms with Crippen molar-refractivity contribution in [3.05, 3.63) is 117 Å². The maximum atomic E-state index is 13.4. The molecule has 1 heterocycles. The van der Waals surface area contributed by atoms with E-state index >= 15 is 0 Å². The number of allylic oxidation sites excluding steroid dienone is 3. The van der Waals surface area contributed by atoms with Crippen molar-refractivity contribution < 1.29 is 19.2 Å². The van der Waals surface area contributed by atoms with Gasteiger partial charge in [0.2, 0.25) is 0 Å². The molecule has 0 bridgehead atoms. The molecule has 0 saturated heterocycles. The molecule has 0 unspecified atom stereocenters. The van der Waals surface area contributed by atoms with E-state index in [1.54, 1.807) is 13.2 Å². The van der Waals surface area contributed by atoms with Gasteiger partial charge in [0.05, 0.1) is 29.6 Å². The number of non-ortho nitro benzene ring substituents is 1. The van der Waals surface area contributed by atoms with Gasteiger partial charge in [0.15, 0.2) is 5.78 Å². The summed E-state index contributed by atoms with van der Waals surface area (Å²) in [7, 11) is 1.55. The maximum Gasteiger partial charge on any atom is 0.269 e. The highest BCUT2D eigenvalue weighted by Crippen LogP contribution is 2.46. The fraction of sp³-hybridized carbons (Fsp3) is 0.200. The Morgan fingerprint density at radius 2 is 1.85 bits per heavy atom. The third-order valence-electron chi connectivity index (χ3n) is 7.01. The smallest absolute Gasteiger partial charge is 0.269 e. The highest BCUT2D eigenvalue weighted by molar-refractivity contribution is 6.01. The highest BCUT2D eigenvalue weighted by atomic mass is 16.6. The van der Waals surface area contributed by atoms with Crippen LogP contribution in [0, 0.1) is 21.4 Å². The van der Waals surface area contributed by atoms with Crippen LogP contribution in [0.1, 0.15) is 36.3 Å². The van der Waals surface area contributed by atoms with Gasteiger partial charge >= 0.3 is 0 Å². The molecule has 2 N–H and O–H groups in total. The summed E-state index contributed by atoms with van der Waals surface area (Å²) in [5, 5.41) is 21.2. The zero-order valence-electron chi connectivity index (χ0n) is 21.3. The summed E-state index contributed by atoms with van der Waals surface area (Å²) in [4.78, 5) is 25.7. The number of nitriles is 1. The lowest BCUT2D eigenvalue weighted by Crippen LogP contribution is -2.38. The van der Waals surface area contributed by atoms with Gasteiger partial charge in [-0.1, -0.05) is 24.3 Å². The van der Waals surface area contributed by atoms with E-state index in [1.165, 1.54) is 24.3 Å². The van der Waals surface area contributed by atoms with Crippen molar-refractivity contribution in [2.75, 3.05) is 12.0 Å². The molecule has 0 spiro atoms. The number of anilines is 1. The third-order valence-corrected chi connectivity index (χ3v) is 7.01. The Bertz CT molecular complexity index is 1540. The molecule has 3 aromatic rings. The van der Waals surface area contributed by atoms with Crippen LogP contribution in [0.2, 0.25) is 0 Å². The number of para-hydroxylation sites is 1. The summed E-state index contributed by atoms with van der Waals surface area (Å²) < 4.78 is 11.4. The van der Waals surface area contributed by atoms with Gasteiger partial charge in [0.1, 0.15) is 23.9 Å². The molecular formula is C30H26N4O5. The fourth-order valence-electron chi connectivity index (χ4n) is 5.21. The topological polar surface area (TPSA) is 132 Å². The minimum atomic E-state index is -0.623. The monoisotopic (exact) mass is 522 g/mol. The lowest BCUT2D eigenvalue weighted by molar-refractivity contribution is -0.384. The summed E-state index contributed by atoms with van der Waals surface area (Å²) in [6.07, 6.45) is 1.78. The number of carbonyl (C=O) groups excluding carboxylic acids is 1. The summed E-state index contributed by atoms with van der Waals surface area (Å²) >= 11 is 0. The van der Waals surface area contributed by atoms with Gasteiger partial charge in [-0.25, -0.2) is 0 Å². The van der Waals surface area contributed by atoms with Crippen LogP contribution < -0.4 is 20.1 Å². The van der Waals surface area contributed by atoms with Gasteiger partial charge in [-0.05, 0) is 54.8 Å². The lowest BCUT2D eigenvalue weighted by atomic mass is 9.75. The van der Waals surface area contributed by atoms with Crippen molar-refractivity contribution in [1.29, 1.82) is 5.26 Å². The molecule has 0 fully saturated rings. The van der Waals surface area contributed by atoms with Crippen molar-refractivity contribution in [3.8, 4) is 17.6 Å². The van der Waals surface area contributed by atoms with Crippen molar-refractivity contribution in [2.45, 2.75) is 31.8 Å². The van der Waals surface area contributed by atoms with Crippen LogP contribution in [0.15, 0.2) is 95.5 Å². The summed E-state index contributed by atoms with van der Waals surface area (Å²) in [5.41, 5.74) is 10.6. The lowest BCUT2D eigenvalue weighted by Gasteiger charge is -2.39. The van der Waals surface area contributed by atoms with Gasteiger partial charge in [-0.3, -0.25) is 19.8 Å². The van der Waals surface area contributed by atoms with Gasteiger partial charge in [-0.2, -0.15) is 5.26 Å². The third kappa shape index (κ3) is 4.80. The number of ketones is 1. The van der Waals surface area contributed by atoms with Crippen LogP contribution in [0.25, 0.3) is 0 Å². The summed E-state index contributed by atoms with van der Waals surface area (Å²) in [6.45, 7) is 0.110. The molecule has 0 saturated carbocycles. The number of hydrogen-bond donors (Lipinski definition) is 1. The molecule has 9 nitrogen and oxygen atoms in total. The number of benzene rings is 3. The van der Waals surface area contributed by atoms with E-state index < -0.39 is 10.8 Å². The van der Waals surface area contributed by atoms with E-state index in [4.69, 9.17) is 15.2 Å². The van der Waals surface area contributed by atoms with Crippen LogP contribution in [0.5, 0.6) is 11.5 Å². The first-order chi connectivity index (χ1) is 18.9. The number of carbonyl (C=O) groups is 1. The molecule has 196 valence electrons. The molecule has 2 aliphatic rings. The number of ether oxygens (including phenoxy) is 2. The van der Waals surface area contributed by atoms with Crippen molar-refractivity contribution in [2.24, 2.45) is 5.73 Å². The number of nitrogens with two attached hydrogens (primary N) is 1. The van der Waals surface area contributed by atoms with Crippen LogP contribution in [-0.4, -0.2) is 17.8 Å². The normalized spacial score (nSPS) is 17.0. The second-order valence-corrected chi connectivity index (χ2v) is 9.26. The standard InChI is InChI=1S/C30H26N4O5/c1-38-27-15-10-19(16-20(27)18-39-23-13-11-22(12-14-23)34(36)37)28-24(17-31)30(32)33(21-6-3-2-4-7-21)25-8-5-9-26(35)29(25)28/h2-4,6-7,10-16,28H,5,8-9,18,32H2,1H3/t28-/m1/s1. The molecule has 1 atom stereocenters. The van der Waals surface area contributed by atoms with E-state index in [1.807, 2.05) is 47.4 Å². The molecule has 0 aromatic heterocycles. The Labute approximate surface area is 225 Å². The Balaban J connectivity index is 1.55. The zero-order valence-corrected chi connectivity index (χ0v) is 21.3. The van der Waals surface area contributed by atoms with Crippen LogP contribution in [-0.2, 0) is 11.4 Å². The summed E-state index contributed by atoms with van der Waals surface area (Å²) in [6, 6.07) is 23.1. The highest BCUT2D eigenvalue weighted by Gasteiger charge is 2.40. The second kappa shape index (κ2) is 10.7. The number of methoxy groups -OCH3 is 1. The van der Waals surface area contributed by atoms with Crippen LogP contribution >= 0.6 is 0 Å². The molecule has 1 aliphatic carbocycles. The van der Waals surface area contributed by atoms with Crippen LogP contribution in [0.4, 0.5) is 11.4 Å². The largest absolute Gasteiger partial charge is 0.496 e.